The van der Waals surface area contributed by atoms with E-state index in [1.165, 1.54) is 0 Å². The van der Waals surface area contributed by atoms with Gasteiger partial charge < -0.3 is 0 Å². The highest BCUT2D eigenvalue weighted by molar-refractivity contribution is 5.11. The first-order valence-corrected chi connectivity index (χ1v) is 2.94. The standard InChI is InChI=1S/C9H10/c1-3-5-7-9-8-6-4-2/h1,8H,2,5,7,9H2. The first kappa shape index (κ1) is 8.12. The van der Waals surface area contributed by atoms with Crippen LogP contribution in [0.4, 0.5) is 0 Å². The topological polar surface area (TPSA) is 0 Å². The third-order valence-corrected chi connectivity index (χ3v) is 0.874. The Bertz CT molecular complexity index is 138. The average molecular weight is 118 g/mol. The monoisotopic (exact) mass is 118 g/mol. The van der Waals surface area contributed by atoms with Gasteiger partial charge in [-0.25, -0.2) is 0 Å². The molecule has 0 N–H and O–H groups in total. The lowest BCUT2D eigenvalue weighted by atomic mass is 10.2. The summed E-state index contributed by atoms with van der Waals surface area (Å²) in [6.45, 7) is 3.37. The van der Waals surface area contributed by atoms with Crippen molar-refractivity contribution in [3.63, 3.8) is 0 Å². The number of rotatable bonds is 3. The fraction of sp³-hybridized carbons (Fsp3) is 0.333. The zero-order valence-corrected chi connectivity index (χ0v) is 5.48. The molecule has 0 spiro atoms. The maximum absolute atomic E-state index is 5.03. The van der Waals surface area contributed by atoms with Crippen molar-refractivity contribution in [3.05, 3.63) is 13.3 Å². The summed E-state index contributed by atoms with van der Waals surface area (Å²) in [6, 6.07) is 0. The molecule has 0 aliphatic carbocycles. The van der Waals surface area contributed by atoms with Crippen molar-refractivity contribution in [2.45, 2.75) is 19.3 Å². The van der Waals surface area contributed by atoms with E-state index in [4.69, 9.17) is 6.42 Å². The molecule has 0 saturated heterocycles. The highest BCUT2D eigenvalue weighted by Gasteiger charge is 1.81. The van der Waals surface area contributed by atoms with E-state index in [1.54, 1.807) is 0 Å². The molecule has 2 radical (unpaired) electrons. The lowest BCUT2D eigenvalue weighted by Gasteiger charge is -1.86. The molecule has 0 nitrogen and oxygen atoms in total. The summed E-state index contributed by atoms with van der Waals surface area (Å²) in [5.74, 6) is 7.85. The molecular formula is C9H10. The Labute approximate surface area is 57.7 Å². The fourth-order valence-electron chi connectivity index (χ4n) is 0.451. The molecule has 0 saturated carbocycles. The lowest BCUT2D eigenvalue weighted by Crippen LogP contribution is -1.72. The van der Waals surface area contributed by atoms with Crippen LogP contribution in [0.3, 0.4) is 0 Å². The molecular weight excluding hydrogens is 108 g/mol. The molecule has 0 aliphatic rings. The average Bonchev–Trinajstić information content (AvgIpc) is 1.89. The van der Waals surface area contributed by atoms with Gasteiger partial charge in [0, 0.05) is 19.8 Å². The second-order valence-electron chi connectivity index (χ2n) is 1.62. The van der Waals surface area contributed by atoms with E-state index in [1.807, 2.05) is 6.42 Å². The van der Waals surface area contributed by atoms with Crippen LogP contribution in [0.1, 0.15) is 19.3 Å². The normalized spacial score (nSPS) is 7.11. The Hall–Kier alpha value is -0.880. The van der Waals surface area contributed by atoms with Gasteiger partial charge in [0.2, 0.25) is 0 Å². The lowest BCUT2D eigenvalue weighted by molar-refractivity contribution is 0.863. The van der Waals surface area contributed by atoms with Crippen LogP contribution in [-0.4, -0.2) is 0 Å². The predicted molar refractivity (Wildman–Crippen MR) is 40.1 cm³/mol. The van der Waals surface area contributed by atoms with Gasteiger partial charge in [-0.2, -0.15) is 0 Å². The second kappa shape index (κ2) is 7.12. The van der Waals surface area contributed by atoms with Gasteiger partial charge in [-0.05, 0) is 12.8 Å². The first-order chi connectivity index (χ1) is 4.41. The molecule has 46 valence electrons. The maximum atomic E-state index is 5.03. The Kier molecular flexibility index (Phi) is 6.42. The van der Waals surface area contributed by atoms with Crippen molar-refractivity contribution in [3.8, 4) is 24.2 Å². The summed E-state index contributed by atoms with van der Waals surface area (Å²) in [5.41, 5.74) is 0. The van der Waals surface area contributed by atoms with Gasteiger partial charge in [0.05, 0.1) is 0 Å². The fourth-order valence-corrected chi connectivity index (χ4v) is 0.451. The summed E-state index contributed by atoms with van der Waals surface area (Å²) < 4.78 is 0. The third kappa shape index (κ3) is 7.12. The number of unbranched alkanes of at least 4 members (excludes halogenated alkanes) is 3. The number of hydrogen-bond donors (Lipinski definition) is 0. The Balaban J connectivity index is 2.91. The Morgan fingerprint density at radius 2 is 2.33 bits per heavy atom. The van der Waals surface area contributed by atoms with Gasteiger partial charge in [0.1, 0.15) is 0 Å². The van der Waals surface area contributed by atoms with Crippen LogP contribution in [-0.2, 0) is 0 Å². The van der Waals surface area contributed by atoms with Crippen LogP contribution in [0.5, 0.6) is 0 Å². The van der Waals surface area contributed by atoms with Crippen molar-refractivity contribution in [1.82, 2.24) is 0 Å². The molecule has 0 bridgehead atoms. The third-order valence-electron chi connectivity index (χ3n) is 0.874. The van der Waals surface area contributed by atoms with Crippen LogP contribution >= 0.6 is 0 Å². The van der Waals surface area contributed by atoms with Gasteiger partial charge in [0.15, 0.2) is 0 Å². The van der Waals surface area contributed by atoms with Crippen LogP contribution in [0.2, 0.25) is 0 Å². The van der Waals surface area contributed by atoms with Crippen molar-refractivity contribution < 1.29 is 0 Å². The van der Waals surface area contributed by atoms with E-state index < -0.39 is 0 Å². The highest BCUT2D eigenvalue weighted by atomic mass is 13.8. The van der Waals surface area contributed by atoms with E-state index >= 15 is 0 Å². The zero-order valence-electron chi connectivity index (χ0n) is 5.48. The van der Waals surface area contributed by atoms with Gasteiger partial charge in [-0.3, -0.25) is 0 Å². The smallest absolute Gasteiger partial charge is 0.0340 e. The van der Waals surface area contributed by atoms with Crippen LogP contribution in [0.25, 0.3) is 0 Å². The molecule has 0 unspecified atom stereocenters. The van der Waals surface area contributed by atoms with Crippen molar-refractivity contribution in [2.24, 2.45) is 0 Å². The predicted octanol–water partition coefficient (Wildman–Crippen LogP) is 1.83. The van der Waals surface area contributed by atoms with Gasteiger partial charge in [0.25, 0.3) is 0 Å². The van der Waals surface area contributed by atoms with Crippen LogP contribution in [0, 0.1) is 37.5 Å². The van der Waals surface area contributed by atoms with Gasteiger partial charge in [-0.1, -0.05) is 5.92 Å². The van der Waals surface area contributed by atoms with Gasteiger partial charge in [-0.15, -0.1) is 18.3 Å². The molecule has 9 heavy (non-hydrogen) atoms. The summed E-state index contributed by atoms with van der Waals surface area (Å²) >= 11 is 0. The molecule has 0 aliphatic heterocycles. The van der Waals surface area contributed by atoms with E-state index in [9.17, 15) is 0 Å². The summed E-state index contributed by atoms with van der Waals surface area (Å²) in [5, 5.41) is 0. The molecule has 0 aromatic carbocycles. The minimum Gasteiger partial charge on any atom is -0.120 e. The SMILES string of the molecule is C#CCCC[CH]C#C[CH2]. The van der Waals surface area contributed by atoms with Crippen molar-refractivity contribution in [1.29, 1.82) is 0 Å². The molecule has 0 amide bonds. The zero-order chi connectivity index (χ0) is 6.95. The van der Waals surface area contributed by atoms with E-state index in [-0.39, 0.29) is 0 Å². The van der Waals surface area contributed by atoms with Crippen LogP contribution < -0.4 is 0 Å². The van der Waals surface area contributed by atoms with Crippen molar-refractivity contribution >= 4 is 0 Å². The van der Waals surface area contributed by atoms with E-state index in [0.29, 0.717) is 0 Å². The number of hydrogen-bond acceptors (Lipinski definition) is 0. The molecule has 0 aromatic rings. The van der Waals surface area contributed by atoms with E-state index in [2.05, 4.69) is 24.7 Å². The second-order valence-corrected chi connectivity index (χ2v) is 1.62. The summed E-state index contributed by atoms with van der Waals surface area (Å²) in [4.78, 5) is 0. The summed E-state index contributed by atoms with van der Waals surface area (Å²) in [6.07, 6.45) is 9.78. The highest BCUT2D eigenvalue weighted by Crippen LogP contribution is 1.95. The molecule has 0 aromatic heterocycles. The first-order valence-electron chi connectivity index (χ1n) is 2.94. The molecule has 0 atom stereocenters. The Morgan fingerprint density at radius 3 is 2.89 bits per heavy atom. The maximum Gasteiger partial charge on any atom is 0.0340 e. The van der Waals surface area contributed by atoms with E-state index in [0.717, 1.165) is 19.3 Å². The van der Waals surface area contributed by atoms with Crippen molar-refractivity contribution in [2.75, 3.05) is 0 Å². The van der Waals surface area contributed by atoms with Crippen LogP contribution in [0.15, 0.2) is 0 Å². The molecule has 0 heteroatoms. The Morgan fingerprint density at radius 1 is 1.56 bits per heavy atom. The molecule has 0 heterocycles. The molecule has 0 rings (SSSR count). The van der Waals surface area contributed by atoms with Gasteiger partial charge >= 0.3 is 0 Å². The minimum absolute atomic E-state index is 0.843. The largest absolute Gasteiger partial charge is 0.120 e. The summed E-state index contributed by atoms with van der Waals surface area (Å²) in [7, 11) is 0. The molecule has 0 fully saturated rings. The minimum atomic E-state index is 0.843. The quantitative estimate of drug-likeness (QED) is 0.392. The number of terminal acetylenes is 1.